The van der Waals surface area contributed by atoms with Crippen LogP contribution in [-0.2, 0) is 4.79 Å². The lowest BCUT2D eigenvalue weighted by Gasteiger charge is -2.25. The molecule has 1 heterocycles. The predicted molar refractivity (Wildman–Crippen MR) is 113 cm³/mol. The van der Waals surface area contributed by atoms with Gasteiger partial charge in [-0.15, -0.1) is 0 Å². The minimum Gasteiger partial charge on any atom is -0.491 e. The highest BCUT2D eigenvalue weighted by Crippen LogP contribution is 2.14. The molecule has 2 N–H and O–H groups in total. The van der Waals surface area contributed by atoms with Crippen molar-refractivity contribution in [3.63, 3.8) is 0 Å². The van der Waals surface area contributed by atoms with Gasteiger partial charge in [-0.1, -0.05) is 12.1 Å². The molecule has 162 valence electrons. The molecule has 2 rings (SSSR count). The molecule has 0 saturated carbocycles. The molecule has 1 fully saturated rings. The Bertz CT molecular complexity index is 687. The van der Waals surface area contributed by atoms with Gasteiger partial charge in [-0.3, -0.25) is 19.4 Å². The first-order chi connectivity index (χ1) is 13.6. The molecule has 1 aliphatic heterocycles. The van der Waals surface area contributed by atoms with Crippen LogP contribution in [0.1, 0.15) is 44.5 Å². The van der Waals surface area contributed by atoms with E-state index in [9.17, 15) is 14.7 Å². The Labute approximate surface area is 174 Å². The third-order valence-corrected chi connectivity index (χ3v) is 4.71. The second kappa shape index (κ2) is 10.7. The normalized spacial score (nSPS) is 17.4. The molecule has 1 aliphatic rings. The summed E-state index contributed by atoms with van der Waals surface area (Å²) in [5.74, 6) is 0.622. The monoisotopic (exact) mass is 405 g/mol. The van der Waals surface area contributed by atoms with E-state index in [-0.39, 0.29) is 23.8 Å². The van der Waals surface area contributed by atoms with Crippen molar-refractivity contribution in [3.05, 3.63) is 29.8 Å². The number of ether oxygens (including phenoxy) is 1. The molecular weight excluding hydrogens is 370 g/mol. The van der Waals surface area contributed by atoms with Gasteiger partial charge in [-0.2, -0.15) is 0 Å². The second-order valence-corrected chi connectivity index (χ2v) is 8.78. The average molecular weight is 406 g/mol. The lowest BCUT2D eigenvalue weighted by molar-refractivity contribution is -0.123. The number of amides is 1. The van der Waals surface area contributed by atoms with Gasteiger partial charge in [-0.25, -0.2) is 0 Å². The van der Waals surface area contributed by atoms with Gasteiger partial charge >= 0.3 is 0 Å². The molecule has 0 unspecified atom stereocenters. The SMILES string of the molecule is CC(=O)c1cccc(OC[C@@H](O)CN2CCCN(CC(=O)NC(C)(C)C)CC2)c1. The zero-order valence-corrected chi connectivity index (χ0v) is 18.1. The van der Waals surface area contributed by atoms with E-state index < -0.39 is 6.10 Å². The summed E-state index contributed by atoms with van der Waals surface area (Å²) >= 11 is 0. The van der Waals surface area contributed by atoms with Crippen LogP contribution in [-0.4, -0.2) is 84.1 Å². The van der Waals surface area contributed by atoms with E-state index in [4.69, 9.17) is 4.74 Å². The number of carbonyl (C=O) groups excluding carboxylic acids is 2. The Morgan fingerprint density at radius 3 is 2.55 bits per heavy atom. The summed E-state index contributed by atoms with van der Waals surface area (Å²) in [6.07, 6.45) is 0.337. The van der Waals surface area contributed by atoms with E-state index in [2.05, 4.69) is 15.1 Å². The Hall–Kier alpha value is -1.96. The molecule has 7 nitrogen and oxygen atoms in total. The van der Waals surface area contributed by atoms with Crippen LogP contribution in [0, 0.1) is 0 Å². The van der Waals surface area contributed by atoms with Crippen LogP contribution < -0.4 is 10.1 Å². The molecule has 1 aromatic carbocycles. The quantitative estimate of drug-likeness (QED) is 0.639. The Balaban J connectivity index is 1.74. The van der Waals surface area contributed by atoms with Crippen molar-refractivity contribution in [2.75, 3.05) is 45.9 Å². The number of hydrogen-bond acceptors (Lipinski definition) is 6. The van der Waals surface area contributed by atoms with Crippen LogP contribution in [0.2, 0.25) is 0 Å². The number of carbonyl (C=O) groups is 2. The van der Waals surface area contributed by atoms with E-state index in [1.807, 2.05) is 20.8 Å². The summed E-state index contributed by atoms with van der Waals surface area (Å²) < 4.78 is 5.66. The number of β-amino-alcohol motifs (C(OH)–C–C–N with tert-alkyl or cyclic N) is 1. The van der Waals surface area contributed by atoms with Crippen molar-refractivity contribution >= 4 is 11.7 Å². The van der Waals surface area contributed by atoms with Gasteiger partial charge in [0.05, 0.1) is 6.54 Å². The van der Waals surface area contributed by atoms with Crippen molar-refractivity contribution < 1.29 is 19.4 Å². The first kappa shape index (κ1) is 23.3. The summed E-state index contributed by atoms with van der Waals surface area (Å²) in [6.45, 7) is 11.9. The molecule has 0 aliphatic carbocycles. The highest BCUT2D eigenvalue weighted by molar-refractivity contribution is 5.94. The van der Waals surface area contributed by atoms with E-state index in [0.29, 0.717) is 24.4 Å². The number of nitrogens with one attached hydrogen (secondary N) is 1. The number of aliphatic hydroxyl groups is 1. The van der Waals surface area contributed by atoms with Gasteiger partial charge in [0, 0.05) is 30.7 Å². The maximum absolute atomic E-state index is 12.1. The van der Waals surface area contributed by atoms with Crippen LogP contribution in [0.25, 0.3) is 0 Å². The van der Waals surface area contributed by atoms with Crippen molar-refractivity contribution in [3.8, 4) is 5.75 Å². The standard InChI is InChI=1S/C22H35N3O4/c1-17(26)18-7-5-8-20(13-18)29-16-19(27)14-24-9-6-10-25(12-11-24)15-21(28)23-22(2,3)4/h5,7-8,13,19,27H,6,9-12,14-16H2,1-4H3,(H,23,28)/t19-/m0/s1. The number of ketones is 1. The molecule has 1 atom stereocenters. The lowest BCUT2D eigenvalue weighted by Crippen LogP contribution is -2.46. The minimum absolute atomic E-state index is 0.0127. The van der Waals surface area contributed by atoms with Crippen molar-refractivity contribution in [1.82, 2.24) is 15.1 Å². The molecule has 1 aromatic rings. The number of hydrogen-bond donors (Lipinski definition) is 2. The van der Waals surface area contributed by atoms with Gasteiger partial charge in [-0.05, 0) is 59.3 Å². The molecular formula is C22H35N3O4. The summed E-state index contributed by atoms with van der Waals surface area (Å²) in [5.41, 5.74) is 0.378. The third-order valence-electron chi connectivity index (χ3n) is 4.71. The number of nitrogens with zero attached hydrogens (tertiary/aromatic N) is 2. The molecule has 7 heteroatoms. The summed E-state index contributed by atoms with van der Waals surface area (Å²) in [7, 11) is 0. The van der Waals surface area contributed by atoms with E-state index in [1.54, 1.807) is 24.3 Å². The third kappa shape index (κ3) is 8.94. The van der Waals surface area contributed by atoms with Crippen molar-refractivity contribution in [2.24, 2.45) is 0 Å². The predicted octanol–water partition coefficient (Wildman–Crippen LogP) is 1.55. The highest BCUT2D eigenvalue weighted by atomic mass is 16.5. The smallest absolute Gasteiger partial charge is 0.234 e. The molecule has 1 saturated heterocycles. The van der Waals surface area contributed by atoms with Gasteiger partial charge in [0.15, 0.2) is 5.78 Å². The van der Waals surface area contributed by atoms with Crippen LogP contribution in [0.15, 0.2) is 24.3 Å². The first-order valence-corrected chi connectivity index (χ1v) is 10.3. The van der Waals surface area contributed by atoms with Crippen LogP contribution >= 0.6 is 0 Å². The van der Waals surface area contributed by atoms with Gasteiger partial charge in [0.2, 0.25) is 5.91 Å². The van der Waals surface area contributed by atoms with Crippen molar-refractivity contribution in [1.29, 1.82) is 0 Å². The van der Waals surface area contributed by atoms with Gasteiger partial charge in [0.1, 0.15) is 18.5 Å². The summed E-state index contributed by atoms with van der Waals surface area (Å²) in [4.78, 5) is 28.0. The fourth-order valence-electron chi connectivity index (χ4n) is 3.37. The van der Waals surface area contributed by atoms with E-state index >= 15 is 0 Å². The molecule has 0 spiro atoms. The zero-order valence-electron chi connectivity index (χ0n) is 18.1. The molecule has 1 amide bonds. The lowest BCUT2D eigenvalue weighted by atomic mass is 10.1. The number of rotatable bonds is 8. The second-order valence-electron chi connectivity index (χ2n) is 8.78. The van der Waals surface area contributed by atoms with Crippen LogP contribution in [0.4, 0.5) is 0 Å². The maximum atomic E-state index is 12.1. The first-order valence-electron chi connectivity index (χ1n) is 10.3. The number of benzene rings is 1. The van der Waals surface area contributed by atoms with Gasteiger partial charge in [0.25, 0.3) is 0 Å². The minimum atomic E-state index is -0.619. The van der Waals surface area contributed by atoms with Crippen LogP contribution in [0.3, 0.4) is 0 Å². The van der Waals surface area contributed by atoms with Crippen LogP contribution in [0.5, 0.6) is 5.75 Å². The Morgan fingerprint density at radius 2 is 1.86 bits per heavy atom. The summed E-state index contributed by atoms with van der Waals surface area (Å²) in [5, 5.41) is 13.4. The number of Topliss-reactive ketones (excluding diaryl/α,β-unsaturated/α-hetero) is 1. The highest BCUT2D eigenvalue weighted by Gasteiger charge is 2.21. The average Bonchev–Trinajstić information content (AvgIpc) is 2.83. The Kier molecular flexibility index (Phi) is 8.61. The largest absolute Gasteiger partial charge is 0.491 e. The summed E-state index contributed by atoms with van der Waals surface area (Å²) in [6, 6.07) is 7.00. The zero-order chi connectivity index (χ0) is 21.4. The van der Waals surface area contributed by atoms with E-state index in [0.717, 1.165) is 32.6 Å². The number of aliphatic hydroxyl groups excluding tert-OH is 1. The van der Waals surface area contributed by atoms with Gasteiger partial charge < -0.3 is 15.2 Å². The molecule has 0 radical (unpaired) electrons. The van der Waals surface area contributed by atoms with Crippen molar-refractivity contribution in [2.45, 2.75) is 45.8 Å². The topological polar surface area (TPSA) is 82.1 Å². The molecule has 0 bridgehead atoms. The van der Waals surface area contributed by atoms with E-state index in [1.165, 1.54) is 6.92 Å². The molecule has 0 aromatic heterocycles. The fraction of sp³-hybridized carbons (Fsp3) is 0.636. The molecule has 29 heavy (non-hydrogen) atoms. The fourth-order valence-corrected chi connectivity index (χ4v) is 3.37. The Morgan fingerprint density at radius 1 is 1.17 bits per heavy atom. The maximum Gasteiger partial charge on any atom is 0.234 e.